The molecule has 0 saturated heterocycles. The molecule has 1 aromatic carbocycles. The highest BCUT2D eigenvalue weighted by Gasteiger charge is 2.23. The van der Waals surface area contributed by atoms with Gasteiger partial charge in [0, 0.05) is 5.56 Å². The van der Waals surface area contributed by atoms with Crippen LogP contribution < -0.4 is 5.76 Å². The number of benzene rings is 1. The number of carbonyl (C=O) groups is 2. The molecule has 2 rings (SSSR count). The highest BCUT2D eigenvalue weighted by Crippen LogP contribution is 2.20. The van der Waals surface area contributed by atoms with E-state index in [1.807, 2.05) is 0 Å². The second kappa shape index (κ2) is 5.55. The molecule has 1 unspecified atom stereocenters. The van der Waals surface area contributed by atoms with Crippen LogP contribution in [-0.2, 0) is 9.53 Å². The van der Waals surface area contributed by atoms with Crippen LogP contribution in [0.25, 0.3) is 11.1 Å². The van der Waals surface area contributed by atoms with Crippen molar-refractivity contribution in [2.24, 2.45) is 0 Å². The normalized spacial score (nSPS) is 12.6. The summed E-state index contributed by atoms with van der Waals surface area (Å²) in [6.07, 6.45) is -0.266. The summed E-state index contributed by atoms with van der Waals surface area (Å²) in [7, 11) is 0. The molecular weight excluding hydrogens is 274 g/mol. The monoisotopic (exact) mass is 291 g/mol. The summed E-state index contributed by atoms with van der Waals surface area (Å²) in [6, 6.07) is 3.88. The van der Waals surface area contributed by atoms with Gasteiger partial charge in [0.1, 0.15) is 6.04 Å². The molecule has 2 aromatic rings. The van der Waals surface area contributed by atoms with Crippen LogP contribution in [0.15, 0.2) is 27.4 Å². The number of hydrogen-bond acceptors (Lipinski definition) is 5. The Balaban J connectivity index is 2.49. The van der Waals surface area contributed by atoms with Crippen molar-refractivity contribution < 1.29 is 18.7 Å². The lowest BCUT2D eigenvalue weighted by molar-refractivity contribution is -0.150. The molecule has 0 aliphatic heterocycles. The van der Waals surface area contributed by atoms with Crippen molar-refractivity contribution in [2.45, 2.75) is 39.8 Å². The maximum Gasteiger partial charge on any atom is 0.420 e. The molecular formula is C15H17NO5. The van der Waals surface area contributed by atoms with E-state index in [9.17, 15) is 14.4 Å². The molecule has 21 heavy (non-hydrogen) atoms. The van der Waals surface area contributed by atoms with Crippen molar-refractivity contribution in [1.29, 1.82) is 0 Å². The summed E-state index contributed by atoms with van der Waals surface area (Å²) in [6.45, 7) is 6.47. The number of ether oxygens (including phenoxy) is 1. The Morgan fingerprint density at radius 2 is 1.90 bits per heavy atom. The van der Waals surface area contributed by atoms with Gasteiger partial charge in [-0.3, -0.25) is 9.36 Å². The van der Waals surface area contributed by atoms with Gasteiger partial charge in [0.2, 0.25) is 0 Å². The number of fused-ring (bicyclic) bond motifs is 1. The van der Waals surface area contributed by atoms with Crippen molar-refractivity contribution in [2.75, 3.05) is 0 Å². The molecule has 0 aliphatic rings. The van der Waals surface area contributed by atoms with Gasteiger partial charge in [0.05, 0.1) is 11.6 Å². The third-order valence-corrected chi connectivity index (χ3v) is 3.10. The molecule has 0 saturated carbocycles. The van der Waals surface area contributed by atoms with E-state index in [0.29, 0.717) is 11.1 Å². The number of nitrogens with zero attached hydrogens (tertiary/aromatic N) is 1. The lowest BCUT2D eigenvalue weighted by Crippen LogP contribution is -2.27. The van der Waals surface area contributed by atoms with Crippen LogP contribution in [0.1, 0.15) is 44.1 Å². The summed E-state index contributed by atoms with van der Waals surface area (Å²) in [4.78, 5) is 35.2. The van der Waals surface area contributed by atoms with Crippen molar-refractivity contribution in [3.8, 4) is 0 Å². The van der Waals surface area contributed by atoms with Crippen LogP contribution in [0.3, 0.4) is 0 Å². The molecule has 1 heterocycles. The zero-order valence-electron chi connectivity index (χ0n) is 12.4. The van der Waals surface area contributed by atoms with Crippen LogP contribution in [-0.4, -0.2) is 22.4 Å². The van der Waals surface area contributed by atoms with Crippen molar-refractivity contribution in [3.63, 3.8) is 0 Å². The van der Waals surface area contributed by atoms with Crippen LogP contribution in [0, 0.1) is 0 Å². The molecule has 1 atom stereocenters. The Morgan fingerprint density at radius 1 is 1.24 bits per heavy atom. The molecule has 6 heteroatoms. The van der Waals surface area contributed by atoms with E-state index in [1.54, 1.807) is 32.9 Å². The highest BCUT2D eigenvalue weighted by molar-refractivity contribution is 5.97. The van der Waals surface area contributed by atoms with Crippen LogP contribution in [0.2, 0.25) is 0 Å². The minimum Gasteiger partial charge on any atom is -0.461 e. The Hall–Kier alpha value is -2.37. The van der Waals surface area contributed by atoms with Gasteiger partial charge in [-0.25, -0.2) is 9.59 Å². The summed E-state index contributed by atoms with van der Waals surface area (Å²) < 4.78 is 11.4. The smallest absolute Gasteiger partial charge is 0.420 e. The van der Waals surface area contributed by atoms with E-state index in [2.05, 4.69) is 0 Å². The van der Waals surface area contributed by atoms with Gasteiger partial charge in [-0.1, -0.05) is 0 Å². The first-order valence-electron chi connectivity index (χ1n) is 6.67. The lowest BCUT2D eigenvalue weighted by Gasteiger charge is -2.14. The minimum atomic E-state index is -0.802. The summed E-state index contributed by atoms with van der Waals surface area (Å²) in [5, 5.41) is 0. The Kier molecular flexibility index (Phi) is 3.97. The molecule has 0 fully saturated rings. The van der Waals surface area contributed by atoms with E-state index in [4.69, 9.17) is 9.15 Å². The zero-order valence-corrected chi connectivity index (χ0v) is 12.4. The average Bonchev–Trinajstić information content (AvgIpc) is 2.71. The molecule has 0 radical (unpaired) electrons. The zero-order chi connectivity index (χ0) is 15.7. The van der Waals surface area contributed by atoms with E-state index in [-0.39, 0.29) is 17.5 Å². The molecule has 0 N–H and O–H groups in total. The first kappa shape index (κ1) is 15.0. The highest BCUT2D eigenvalue weighted by atomic mass is 16.5. The quantitative estimate of drug-likeness (QED) is 0.638. The second-order valence-electron chi connectivity index (χ2n) is 5.14. The van der Waals surface area contributed by atoms with Crippen molar-refractivity contribution in [1.82, 2.24) is 4.57 Å². The van der Waals surface area contributed by atoms with Gasteiger partial charge >= 0.3 is 11.7 Å². The van der Waals surface area contributed by atoms with Crippen LogP contribution in [0.4, 0.5) is 0 Å². The maximum atomic E-state index is 12.0. The maximum absolute atomic E-state index is 12.0. The lowest BCUT2D eigenvalue weighted by atomic mass is 10.1. The standard InChI is InChI=1S/C15H17NO5/c1-8(2)20-14(18)9(3)16-12-6-5-11(10(4)17)7-13(12)21-15(16)19/h5-9H,1-4H3. The Bertz CT molecular complexity index is 753. The van der Waals surface area contributed by atoms with Crippen molar-refractivity contribution in [3.05, 3.63) is 34.3 Å². The van der Waals surface area contributed by atoms with E-state index < -0.39 is 17.8 Å². The van der Waals surface area contributed by atoms with Gasteiger partial charge in [-0.05, 0) is 45.9 Å². The van der Waals surface area contributed by atoms with Crippen molar-refractivity contribution >= 4 is 22.9 Å². The van der Waals surface area contributed by atoms with Gasteiger partial charge in [-0.2, -0.15) is 0 Å². The number of hydrogen-bond donors (Lipinski definition) is 0. The molecule has 112 valence electrons. The third kappa shape index (κ3) is 2.89. The van der Waals surface area contributed by atoms with E-state index >= 15 is 0 Å². The number of Topliss-reactive ketones (excluding diaryl/α,β-unsaturated/α-hetero) is 1. The largest absolute Gasteiger partial charge is 0.461 e. The SMILES string of the molecule is CC(=O)c1ccc2c(c1)oc(=O)n2C(C)C(=O)OC(C)C. The fourth-order valence-electron chi connectivity index (χ4n) is 2.06. The minimum absolute atomic E-state index is 0.125. The number of ketones is 1. The molecule has 0 bridgehead atoms. The summed E-state index contributed by atoms with van der Waals surface area (Å²) in [5.41, 5.74) is 1.18. The average molecular weight is 291 g/mol. The predicted octanol–water partition coefficient (Wildman–Crippen LogP) is 2.31. The fraction of sp³-hybridized carbons (Fsp3) is 0.400. The second-order valence-corrected chi connectivity index (χ2v) is 5.14. The predicted molar refractivity (Wildman–Crippen MR) is 76.4 cm³/mol. The number of oxazole rings is 1. The topological polar surface area (TPSA) is 78.5 Å². The fourth-order valence-corrected chi connectivity index (χ4v) is 2.06. The van der Waals surface area contributed by atoms with Crippen LogP contribution >= 0.6 is 0 Å². The molecule has 0 aliphatic carbocycles. The Morgan fingerprint density at radius 3 is 2.48 bits per heavy atom. The number of aromatic nitrogens is 1. The first-order chi connectivity index (χ1) is 9.81. The van der Waals surface area contributed by atoms with E-state index in [0.717, 1.165) is 0 Å². The summed E-state index contributed by atoms with van der Waals surface area (Å²) >= 11 is 0. The molecule has 0 amide bonds. The van der Waals surface area contributed by atoms with E-state index in [1.165, 1.54) is 17.6 Å². The van der Waals surface area contributed by atoms with Gasteiger partial charge in [0.25, 0.3) is 0 Å². The molecule has 1 aromatic heterocycles. The first-order valence-corrected chi connectivity index (χ1v) is 6.67. The van der Waals surface area contributed by atoms with Crippen LogP contribution in [0.5, 0.6) is 0 Å². The molecule has 0 spiro atoms. The van der Waals surface area contributed by atoms with Gasteiger partial charge < -0.3 is 9.15 Å². The summed E-state index contributed by atoms with van der Waals surface area (Å²) in [5.74, 6) is -1.29. The molecule has 6 nitrogen and oxygen atoms in total. The van der Waals surface area contributed by atoms with Gasteiger partial charge in [0.15, 0.2) is 11.4 Å². The number of rotatable bonds is 4. The Labute approximate surface area is 121 Å². The number of carbonyl (C=O) groups excluding carboxylic acids is 2. The third-order valence-electron chi connectivity index (χ3n) is 3.10. The van der Waals surface area contributed by atoms with Gasteiger partial charge in [-0.15, -0.1) is 0 Å². The number of esters is 1.